The summed E-state index contributed by atoms with van der Waals surface area (Å²) in [6.45, 7) is 4.42. The lowest BCUT2D eigenvalue weighted by Gasteiger charge is -2.08. The summed E-state index contributed by atoms with van der Waals surface area (Å²) in [5.74, 6) is 0. The minimum Gasteiger partial charge on any atom is -0.393 e. The number of anilines is 1. The first-order valence-electron chi connectivity index (χ1n) is 5.06. The van der Waals surface area contributed by atoms with Crippen LogP contribution in [0.1, 0.15) is 24.5 Å². The smallest absolute Gasteiger partial charge is 0.0994 e. The van der Waals surface area contributed by atoms with Crippen molar-refractivity contribution >= 4 is 5.69 Å². The molecule has 0 aliphatic carbocycles. The van der Waals surface area contributed by atoms with Gasteiger partial charge in [-0.25, -0.2) is 0 Å². The van der Waals surface area contributed by atoms with E-state index in [1.165, 1.54) is 0 Å². The monoisotopic (exact) mass is 204 g/mol. The van der Waals surface area contributed by atoms with Gasteiger partial charge in [0.2, 0.25) is 0 Å². The molecule has 0 bridgehead atoms. The lowest BCUT2D eigenvalue weighted by Crippen LogP contribution is -2.09. The second-order valence-electron chi connectivity index (χ2n) is 3.71. The number of aryl methyl sites for hydroxylation is 1. The van der Waals surface area contributed by atoms with Crippen molar-refractivity contribution in [1.82, 2.24) is 0 Å². The average molecular weight is 204 g/mol. The van der Waals surface area contributed by atoms with E-state index in [0.717, 1.165) is 24.2 Å². The van der Waals surface area contributed by atoms with E-state index in [9.17, 15) is 0 Å². The molecule has 0 saturated heterocycles. The van der Waals surface area contributed by atoms with Crippen LogP contribution in [0.25, 0.3) is 0 Å². The van der Waals surface area contributed by atoms with Gasteiger partial charge in [-0.1, -0.05) is 0 Å². The number of rotatable bonds is 4. The highest BCUT2D eigenvalue weighted by Gasteiger charge is 1.99. The van der Waals surface area contributed by atoms with Crippen molar-refractivity contribution in [2.45, 2.75) is 26.4 Å². The third-order valence-electron chi connectivity index (χ3n) is 2.24. The fraction of sp³-hybridized carbons (Fsp3) is 0.417. The van der Waals surface area contributed by atoms with E-state index >= 15 is 0 Å². The maximum atomic E-state index is 9.08. The molecule has 1 atom stereocenters. The topological polar surface area (TPSA) is 56.0 Å². The van der Waals surface area contributed by atoms with E-state index in [2.05, 4.69) is 11.4 Å². The molecule has 0 heterocycles. The van der Waals surface area contributed by atoms with Gasteiger partial charge in [-0.15, -0.1) is 0 Å². The Hall–Kier alpha value is -1.53. The molecular formula is C12H16N2O. The number of hydrogen-bond acceptors (Lipinski definition) is 3. The van der Waals surface area contributed by atoms with E-state index < -0.39 is 0 Å². The Morgan fingerprint density at radius 2 is 2.27 bits per heavy atom. The second kappa shape index (κ2) is 5.38. The molecule has 15 heavy (non-hydrogen) atoms. The second-order valence-corrected chi connectivity index (χ2v) is 3.71. The molecule has 0 spiro atoms. The van der Waals surface area contributed by atoms with Crippen molar-refractivity contribution in [1.29, 1.82) is 5.26 Å². The van der Waals surface area contributed by atoms with Crippen LogP contribution < -0.4 is 5.32 Å². The molecule has 0 fully saturated rings. The average Bonchev–Trinajstić information content (AvgIpc) is 2.17. The van der Waals surface area contributed by atoms with Crippen LogP contribution in [0.4, 0.5) is 5.69 Å². The van der Waals surface area contributed by atoms with Crippen LogP contribution >= 0.6 is 0 Å². The maximum absolute atomic E-state index is 9.08. The Morgan fingerprint density at radius 3 is 2.80 bits per heavy atom. The minimum absolute atomic E-state index is 0.281. The number of nitrogens with one attached hydrogen (secondary N) is 1. The van der Waals surface area contributed by atoms with Gasteiger partial charge in [-0.3, -0.25) is 0 Å². The van der Waals surface area contributed by atoms with Crippen LogP contribution in [0.2, 0.25) is 0 Å². The summed E-state index contributed by atoms with van der Waals surface area (Å²) in [6, 6.07) is 7.76. The van der Waals surface area contributed by atoms with Crippen molar-refractivity contribution in [3.05, 3.63) is 29.3 Å². The van der Waals surface area contributed by atoms with Crippen molar-refractivity contribution in [2.24, 2.45) is 0 Å². The molecule has 1 aromatic carbocycles. The maximum Gasteiger partial charge on any atom is 0.0994 e. The number of nitrogens with zero attached hydrogens (tertiary/aromatic N) is 1. The summed E-state index contributed by atoms with van der Waals surface area (Å²) in [5.41, 5.74) is 2.67. The zero-order valence-corrected chi connectivity index (χ0v) is 9.12. The zero-order chi connectivity index (χ0) is 11.3. The molecule has 80 valence electrons. The van der Waals surface area contributed by atoms with Gasteiger partial charge in [0.15, 0.2) is 0 Å². The predicted octanol–water partition coefficient (Wildman–Crippen LogP) is 2.05. The highest BCUT2D eigenvalue weighted by atomic mass is 16.3. The fourth-order valence-electron chi connectivity index (χ4n) is 1.32. The quantitative estimate of drug-likeness (QED) is 0.789. The zero-order valence-electron chi connectivity index (χ0n) is 9.12. The first kappa shape index (κ1) is 11.5. The van der Waals surface area contributed by atoms with Gasteiger partial charge < -0.3 is 10.4 Å². The van der Waals surface area contributed by atoms with Gasteiger partial charge in [-0.2, -0.15) is 5.26 Å². The molecule has 2 N–H and O–H groups in total. The number of benzene rings is 1. The van der Waals surface area contributed by atoms with E-state index in [1.54, 1.807) is 13.0 Å². The van der Waals surface area contributed by atoms with Crippen molar-refractivity contribution in [3.8, 4) is 6.07 Å². The Bertz CT molecular complexity index is 366. The van der Waals surface area contributed by atoms with Gasteiger partial charge in [0, 0.05) is 12.2 Å². The molecule has 0 aliphatic rings. The highest BCUT2D eigenvalue weighted by molar-refractivity contribution is 5.51. The van der Waals surface area contributed by atoms with Crippen LogP contribution in [0.3, 0.4) is 0 Å². The molecule has 1 aromatic rings. The van der Waals surface area contributed by atoms with Crippen LogP contribution in [0.5, 0.6) is 0 Å². The van der Waals surface area contributed by atoms with Crippen LogP contribution in [0, 0.1) is 18.3 Å². The third kappa shape index (κ3) is 3.61. The van der Waals surface area contributed by atoms with Crippen LogP contribution in [0.15, 0.2) is 18.2 Å². The summed E-state index contributed by atoms with van der Waals surface area (Å²) in [5, 5.41) is 21.0. The molecule has 0 aromatic heterocycles. The third-order valence-corrected chi connectivity index (χ3v) is 2.24. The van der Waals surface area contributed by atoms with E-state index in [4.69, 9.17) is 10.4 Å². The number of aliphatic hydroxyl groups excluding tert-OH is 1. The largest absolute Gasteiger partial charge is 0.393 e. The molecule has 1 unspecified atom stereocenters. The summed E-state index contributed by atoms with van der Waals surface area (Å²) in [7, 11) is 0. The molecule has 0 aliphatic heterocycles. The standard InChI is InChI=1S/C12H16N2O/c1-9-7-12(4-3-11(9)8-13)14-6-5-10(2)15/h3-4,7,10,14-15H,5-6H2,1-2H3. The van der Waals surface area contributed by atoms with Crippen molar-refractivity contribution in [3.63, 3.8) is 0 Å². The SMILES string of the molecule is Cc1cc(NCCC(C)O)ccc1C#N. The summed E-state index contributed by atoms with van der Waals surface area (Å²) in [4.78, 5) is 0. The van der Waals surface area contributed by atoms with Crippen LogP contribution in [-0.4, -0.2) is 17.8 Å². The first-order valence-corrected chi connectivity index (χ1v) is 5.06. The Kier molecular flexibility index (Phi) is 4.14. The molecule has 0 amide bonds. The van der Waals surface area contributed by atoms with E-state index in [-0.39, 0.29) is 6.10 Å². The molecule has 0 saturated carbocycles. The predicted molar refractivity (Wildman–Crippen MR) is 60.7 cm³/mol. The molecule has 3 heteroatoms. The molecule has 1 rings (SSSR count). The Morgan fingerprint density at radius 1 is 1.53 bits per heavy atom. The minimum atomic E-state index is -0.281. The first-order chi connectivity index (χ1) is 7.13. The highest BCUT2D eigenvalue weighted by Crippen LogP contribution is 2.14. The van der Waals surface area contributed by atoms with Gasteiger partial charge in [0.25, 0.3) is 0 Å². The van der Waals surface area contributed by atoms with Gasteiger partial charge >= 0.3 is 0 Å². The van der Waals surface area contributed by atoms with Gasteiger partial charge in [0.05, 0.1) is 17.7 Å². The van der Waals surface area contributed by atoms with E-state index in [1.807, 2.05) is 19.1 Å². The van der Waals surface area contributed by atoms with Crippen molar-refractivity contribution in [2.75, 3.05) is 11.9 Å². The summed E-state index contributed by atoms with van der Waals surface area (Å²) < 4.78 is 0. The molecule has 3 nitrogen and oxygen atoms in total. The lowest BCUT2D eigenvalue weighted by atomic mass is 10.1. The van der Waals surface area contributed by atoms with Crippen LogP contribution in [-0.2, 0) is 0 Å². The Balaban J connectivity index is 2.57. The fourth-order valence-corrected chi connectivity index (χ4v) is 1.32. The summed E-state index contributed by atoms with van der Waals surface area (Å²) in [6.07, 6.45) is 0.441. The Labute approximate surface area is 90.4 Å². The number of hydrogen-bond donors (Lipinski definition) is 2. The van der Waals surface area contributed by atoms with E-state index in [0.29, 0.717) is 5.56 Å². The summed E-state index contributed by atoms with van der Waals surface area (Å²) >= 11 is 0. The van der Waals surface area contributed by atoms with Crippen molar-refractivity contribution < 1.29 is 5.11 Å². The molecular weight excluding hydrogens is 188 g/mol. The van der Waals surface area contributed by atoms with Gasteiger partial charge in [0.1, 0.15) is 0 Å². The number of aliphatic hydroxyl groups is 1. The lowest BCUT2D eigenvalue weighted by molar-refractivity contribution is 0.189. The number of nitriles is 1. The normalized spacial score (nSPS) is 11.9. The molecule has 0 radical (unpaired) electrons. The van der Waals surface area contributed by atoms with Gasteiger partial charge in [-0.05, 0) is 44.0 Å².